The van der Waals surface area contributed by atoms with Gasteiger partial charge >= 0.3 is 0 Å². The molecule has 7 heteroatoms. The highest BCUT2D eigenvalue weighted by atomic mass is 19.1. The maximum atomic E-state index is 13.4. The molecule has 1 aromatic carbocycles. The summed E-state index contributed by atoms with van der Waals surface area (Å²) < 4.78 is 26.9. The Kier molecular flexibility index (Phi) is 3.37. The lowest BCUT2D eigenvalue weighted by atomic mass is 9.67. The second-order valence-electron chi connectivity index (χ2n) is 4.47. The van der Waals surface area contributed by atoms with E-state index in [1.165, 1.54) is 6.07 Å². The van der Waals surface area contributed by atoms with Gasteiger partial charge in [0.15, 0.2) is 5.84 Å². The lowest BCUT2D eigenvalue weighted by Crippen LogP contribution is -2.51. The number of rotatable bonds is 3. The van der Waals surface area contributed by atoms with E-state index in [1.807, 2.05) is 0 Å². The standard InChI is InChI=1S/C12H13F2N3O2/c13-7-3-1-4-8(14)9(7)16-11(18)12(5-2-6-12)10(15)17-19/h1,3-4,19H,2,5-6H2,(H2,15,17)(H,16,18). The lowest BCUT2D eigenvalue weighted by Gasteiger charge is -2.38. The molecule has 0 aliphatic heterocycles. The number of nitrogens with two attached hydrogens (primary N) is 1. The fraction of sp³-hybridized carbons (Fsp3) is 0.333. The van der Waals surface area contributed by atoms with Crippen molar-refractivity contribution in [3.8, 4) is 0 Å². The topological polar surface area (TPSA) is 87.7 Å². The van der Waals surface area contributed by atoms with Gasteiger partial charge in [-0.3, -0.25) is 4.79 Å². The van der Waals surface area contributed by atoms with Gasteiger partial charge in [0, 0.05) is 0 Å². The van der Waals surface area contributed by atoms with E-state index in [2.05, 4.69) is 10.5 Å². The molecule has 1 aliphatic carbocycles. The van der Waals surface area contributed by atoms with Crippen LogP contribution in [0.3, 0.4) is 0 Å². The summed E-state index contributed by atoms with van der Waals surface area (Å²) in [7, 11) is 0. The number of carbonyl (C=O) groups is 1. The molecule has 5 nitrogen and oxygen atoms in total. The summed E-state index contributed by atoms with van der Waals surface area (Å²) in [5, 5.41) is 13.7. The Morgan fingerprint density at radius 3 is 2.37 bits per heavy atom. The third-order valence-electron chi connectivity index (χ3n) is 3.44. The first-order chi connectivity index (χ1) is 9.01. The molecule has 102 valence electrons. The monoisotopic (exact) mass is 269 g/mol. The third kappa shape index (κ3) is 2.11. The first-order valence-corrected chi connectivity index (χ1v) is 5.75. The van der Waals surface area contributed by atoms with Gasteiger partial charge in [-0.05, 0) is 25.0 Å². The number of benzene rings is 1. The van der Waals surface area contributed by atoms with Crippen LogP contribution in [0, 0.1) is 17.0 Å². The number of hydrogen-bond acceptors (Lipinski definition) is 3. The zero-order chi connectivity index (χ0) is 14.0. The number of halogens is 2. The van der Waals surface area contributed by atoms with Crippen molar-refractivity contribution in [2.45, 2.75) is 19.3 Å². The molecule has 0 spiro atoms. The minimum atomic E-state index is -1.18. The fourth-order valence-electron chi connectivity index (χ4n) is 2.08. The summed E-state index contributed by atoms with van der Waals surface area (Å²) in [6.07, 6.45) is 1.49. The summed E-state index contributed by atoms with van der Waals surface area (Å²) in [6.45, 7) is 0. The zero-order valence-electron chi connectivity index (χ0n) is 9.99. The van der Waals surface area contributed by atoms with Gasteiger partial charge in [-0.1, -0.05) is 17.6 Å². The van der Waals surface area contributed by atoms with Gasteiger partial charge in [-0.2, -0.15) is 0 Å². The summed E-state index contributed by atoms with van der Waals surface area (Å²) in [5.74, 6) is -2.66. The minimum absolute atomic E-state index is 0.243. The molecule has 0 saturated heterocycles. The Bertz CT molecular complexity index is 522. The van der Waals surface area contributed by atoms with Crippen molar-refractivity contribution in [2.24, 2.45) is 16.3 Å². The predicted octanol–water partition coefficient (Wildman–Crippen LogP) is 1.82. The number of nitrogens with one attached hydrogen (secondary N) is 1. The molecule has 0 bridgehead atoms. The van der Waals surface area contributed by atoms with Crippen LogP contribution in [0.1, 0.15) is 19.3 Å². The summed E-state index contributed by atoms with van der Waals surface area (Å²) in [4.78, 5) is 12.1. The molecule has 0 heterocycles. The van der Waals surface area contributed by atoms with Crippen LogP contribution < -0.4 is 11.1 Å². The number of para-hydroxylation sites is 1. The number of amides is 1. The highest BCUT2D eigenvalue weighted by Gasteiger charge is 2.48. The lowest BCUT2D eigenvalue weighted by molar-refractivity contribution is -0.125. The quantitative estimate of drug-likeness (QED) is 0.338. The second kappa shape index (κ2) is 4.83. The summed E-state index contributed by atoms with van der Waals surface area (Å²) in [5.41, 5.74) is 3.79. The average Bonchev–Trinajstić information content (AvgIpc) is 2.32. The molecular weight excluding hydrogens is 256 g/mol. The Balaban J connectivity index is 2.26. The minimum Gasteiger partial charge on any atom is -0.409 e. The SMILES string of the molecule is N/C(=N/O)C1(C(=O)Nc2c(F)cccc2F)CCC1. The van der Waals surface area contributed by atoms with Crippen LogP contribution in [0.4, 0.5) is 14.5 Å². The largest absolute Gasteiger partial charge is 0.409 e. The van der Waals surface area contributed by atoms with Crippen molar-refractivity contribution in [3.63, 3.8) is 0 Å². The molecule has 2 rings (SSSR count). The normalized spacial score (nSPS) is 17.7. The van der Waals surface area contributed by atoms with Gasteiger partial charge in [-0.25, -0.2) is 8.78 Å². The third-order valence-corrected chi connectivity index (χ3v) is 3.44. The van der Waals surface area contributed by atoms with E-state index in [1.54, 1.807) is 0 Å². The molecule has 1 aromatic rings. The molecule has 0 radical (unpaired) electrons. The first-order valence-electron chi connectivity index (χ1n) is 5.75. The van der Waals surface area contributed by atoms with Crippen molar-refractivity contribution in [1.82, 2.24) is 0 Å². The molecule has 1 aliphatic rings. The average molecular weight is 269 g/mol. The Morgan fingerprint density at radius 2 is 1.95 bits per heavy atom. The van der Waals surface area contributed by atoms with E-state index in [4.69, 9.17) is 10.9 Å². The number of oxime groups is 1. The summed E-state index contributed by atoms with van der Waals surface area (Å²) in [6, 6.07) is 3.27. The van der Waals surface area contributed by atoms with Gasteiger partial charge in [0.1, 0.15) is 22.7 Å². The van der Waals surface area contributed by atoms with Crippen molar-refractivity contribution in [1.29, 1.82) is 0 Å². The maximum Gasteiger partial charge on any atom is 0.238 e. The van der Waals surface area contributed by atoms with Crippen LogP contribution in [0.25, 0.3) is 0 Å². The number of nitrogens with zero attached hydrogens (tertiary/aromatic N) is 1. The van der Waals surface area contributed by atoms with E-state index in [-0.39, 0.29) is 5.84 Å². The van der Waals surface area contributed by atoms with Crippen LogP contribution >= 0.6 is 0 Å². The molecule has 0 atom stereocenters. The Labute approximate surface area is 108 Å². The predicted molar refractivity (Wildman–Crippen MR) is 64.7 cm³/mol. The molecule has 1 amide bonds. The molecule has 0 aromatic heterocycles. The van der Waals surface area contributed by atoms with Crippen LogP contribution in [0.2, 0.25) is 0 Å². The van der Waals surface area contributed by atoms with Gasteiger partial charge in [0.25, 0.3) is 0 Å². The van der Waals surface area contributed by atoms with E-state index >= 15 is 0 Å². The number of carbonyl (C=O) groups excluding carboxylic acids is 1. The smallest absolute Gasteiger partial charge is 0.238 e. The van der Waals surface area contributed by atoms with Crippen molar-refractivity contribution < 1.29 is 18.8 Å². The van der Waals surface area contributed by atoms with E-state index in [0.29, 0.717) is 12.8 Å². The highest BCUT2D eigenvalue weighted by molar-refractivity contribution is 6.12. The maximum absolute atomic E-state index is 13.4. The molecule has 1 saturated carbocycles. The number of anilines is 1. The van der Waals surface area contributed by atoms with Gasteiger partial charge in [0.05, 0.1) is 0 Å². The van der Waals surface area contributed by atoms with Gasteiger partial charge in [0.2, 0.25) is 5.91 Å². The van der Waals surface area contributed by atoms with Crippen molar-refractivity contribution in [3.05, 3.63) is 29.8 Å². The van der Waals surface area contributed by atoms with Gasteiger partial charge < -0.3 is 16.3 Å². The van der Waals surface area contributed by atoms with E-state index < -0.39 is 28.6 Å². The fourth-order valence-corrected chi connectivity index (χ4v) is 2.08. The van der Waals surface area contributed by atoms with Crippen LogP contribution in [0.5, 0.6) is 0 Å². The highest BCUT2D eigenvalue weighted by Crippen LogP contribution is 2.42. The molecule has 1 fully saturated rings. The molecule has 0 unspecified atom stereocenters. The Hall–Kier alpha value is -2.18. The number of hydrogen-bond donors (Lipinski definition) is 3. The van der Waals surface area contributed by atoms with Crippen LogP contribution in [0.15, 0.2) is 23.4 Å². The van der Waals surface area contributed by atoms with Crippen LogP contribution in [-0.4, -0.2) is 17.0 Å². The van der Waals surface area contributed by atoms with E-state index in [0.717, 1.165) is 18.6 Å². The zero-order valence-corrected chi connectivity index (χ0v) is 9.99. The van der Waals surface area contributed by atoms with Crippen LogP contribution in [-0.2, 0) is 4.79 Å². The molecule has 19 heavy (non-hydrogen) atoms. The number of amidine groups is 1. The molecular formula is C12H13F2N3O2. The molecule has 4 N–H and O–H groups in total. The van der Waals surface area contributed by atoms with Crippen molar-refractivity contribution in [2.75, 3.05) is 5.32 Å². The Morgan fingerprint density at radius 1 is 1.37 bits per heavy atom. The summed E-state index contributed by atoms with van der Waals surface area (Å²) >= 11 is 0. The van der Waals surface area contributed by atoms with E-state index in [9.17, 15) is 13.6 Å². The van der Waals surface area contributed by atoms with Gasteiger partial charge in [-0.15, -0.1) is 0 Å². The van der Waals surface area contributed by atoms with Crippen molar-refractivity contribution >= 4 is 17.4 Å². The first kappa shape index (κ1) is 13.3. The second-order valence-corrected chi connectivity index (χ2v) is 4.47.